The second-order valence-electron chi connectivity index (χ2n) is 4.98. The molecule has 0 saturated heterocycles. The predicted octanol–water partition coefficient (Wildman–Crippen LogP) is 1.52. The van der Waals surface area contributed by atoms with Gasteiger partial charge in [-0.15, -0.1) is 0 Å². The van der Waals surface area contributed by atoms with Gasteiger partial charge in [0.2, 0.25) is 0 Å². The van der Waals surface area contributed by atoms with Gasteiger partial charge in [0.05, 0.1) is 5.56 Å². The maximum atomic E-state index is 9.55. The molecular weight excluding hydrogens is 352 g/mol. The van der Waals surface area contributed by atoms with Crippen LogP contribution in [0.2, 0.25) is 0 Å². The first-order valence-corrected chi connectivity index (χ1v) is 7.77. The molecule has 9 nitrogen and oxygen atoms in total. The quantitative estimate of drug-likeness (QED) is 0.419. The van der Waals surface area contributed by atoms with Crippen molar-refractivity contribution in [3.05, 3.63) is 54.5 Å². The third-order valence-corrected chi connectivity index (χ3v) is 3.02. The zero-order chi connectivity index (χ0) is 20.1. The van der Waals surface area contributed by atoms with Crippen LogP contribution in [0.5, 0.6) is 0 Å². The molecule has 0 radical (unpaired) electrons. The molecule has 0 aliphatic carbocycles. The predicted molar refractivity (Wildman–Crippen MR) is 96.8 cm³/mol. The third kappa shape index (κ3) is 8.24. The summed E-state index contributed by atoms with van der Waals surface area (Å²) in [6.45, 7) is 0.705. The highest BCUT2D eigenvalue weighted by molar-refractivity contribution is 5.89. The van der Waals surface area contributed by atoms with Gasteiger partial charge in [0.1, 0.15) is 11.9 Å². The minimum atomic E-state index is -1.26. The molecule has 9 heteroatoms. The number of aliphatic hydroxyl groups is 1. The fourth-order valence-corrected chi connectivity index (χ4v) is 1.82. The van der Waals surface area contributed by atoms with Gasteiger partial charge in [0, 0.05) is 49.5 Å². The van der Waals surface area contributed by atoms with Crippen LogP contribution < -0.4 is 5.32 Å². The maximum absolute atomic E-state index is 9.55. The zero-order valence-corrected chi connectivity index (χ0v) is 14.2. The first-order valence-electron chi connectivity index (χ1n) is 7.77. The fraction of sp³-hybridized carbons (Fsp3) is 0.167. The molecule has 0 fully saturated rings. The van der Waals surface area contributed by atoms with E-state index in [4.69, 9.17) is 20.6 Å². The molecule has 0 aliphatic rings. The molecule has 0 bridgehead atoms. The summed E-state index contributed by atoms with van der Waals surface area (Å²) in [5.74, 6) is -1.96. The van der Waals surface area contributed by atoms with Crippen molar-refractivity contribution < 1.29 is 24.9 Å². The number of nitrogens with one attached hydrogen (secondary N) is 1. The number of hydrogen-bond acceptors (Lipinski definition) is 7. The number of nitrogens with zero attached hydrogens (tertiary/aromatic N) is 3. The molecule has 2 heterocycles. The third-order valence-electron chi connectivity index (χ3n) is 3.02. The van der Waals surface area contributed by atoms with E-state index in [1.165, 1.54) is 0 Å². The van der Waals surface area contributed by atoms with Gasteiger partial charge in [-0.1, -0.05) is 0 Å². The van der Waals surface area contributed by atoms with Crippen LogP contribution in [-0.2, 0) is 9.59 Å². The van der Waals surface area contributed by atoms with E-state index in [1.807, 2.05) is 12.1 Å². The molecule has 2 rings (SSSR count). The minimum Gasteiger partial charge on any atom is -0.478 e. The summed E-state index contributed by atoms with van der Waals surface area (Å²) in [6, 6.07) is 7.67. The number of pyridine rings is 2. The van der Waals surface area contributed by atoms with Crippen LogP contribution in [0, 0.1) is 11.3 Å². The van der Waals surface area contributed by atoms with Crippen LogP contribution in [-0.4, -0.2) is 50.4 Å². The number of nitriles is 1. The lowest BCUT2D eigenvalue weighted by atomic mass is 10.1. The molecule has 0 saturated carbocycles. The molecule has 27 heavy (non-hydrogen) atoms. The van der Waals surface area contributed by atoms with Crippen molar-refractivity contribution in [1.82, 2.24) is 9.97 Å². The van der Waals surface area contributed by atoms with Crippen LogP contribution in [0.15, 0.2) is 48.9 Å². The van der Waals surface area contributed by atoms with E-state index in [2.05, 4.69) is 21.4 Å². The number of aliphatic hydroxyl groups excluding tert-OH is 1. The summed E-state index contributed by atoms with van der Waals surface area (Å²) < 4.78 is 0. The molecule has 0 amide bonds. The van der Waals surface area contributed by atoms with Gasteiger partial charge >= 0.3 is 11.9 Å². The van der Waals surface area contributed by atoms with E-state index in [0.29, 0.717) is 36.5 Å². The lowest BCUT2D eigenvalue weighted by Gasteiger charge is -2.08. The topological polar surface area (TPSA) is 156 Å². The SMILES string of the molecule is N#Cc1cc(-c2ccncc2)cnc1NCCCO.O=C(O)/C=C/C(=O)O. The maximum Gasteiger partial charge on any atom is 0.328 e. The second kappa shape index (κ2) is 11.7. The summed E-state index contributed by atoms with van der Waals surface area (Å²) in [7, 11) is 0. The Morgan fingerprint density at radius 3 is 2.30 bits per heavy atom. The van der Waals surface area contributed by atoms with E-state index in [9.17, 15) is 9.59 Å². The Hall–Kier alpha value is -3.77. The van der Waals surface area contributed by atoms with Gasteiger partial charge in [-0.3, -0.25) is 4.98 Å². The Morgan fingerprint density at radius 2 is 1.78 bits per heavy atom. The summed E-state index contributed by atoms with van der Waals surface area (Å²) in [6.07, 6.45) is 6.87. The minimum absolute atomic E-state index is 0.115. The van der Waals surface area contributed by atoms with E-state index >= 15 is 0 Å². The Labute approximate surface area is 155 Å². The summed E-state index contributed by atoms with van der Waals surface area (Å²) >= 11 is 0. The van der Waals surface area contributed by atoms with E-state index in [-0.39, 0.29) is 6.61 Å². The van der Waals surface area contributed by atoms with Gasteiger partial charge < -0.3 is 20.6 Å². The molecule has 0 aliphatic heterocycles. The van der Waals surface area contributed by atoms with Gasteiger partial charge in [-0.2, -0.15) is 5.26 Å². The van der Waals surface area contributed by atoms with Gasteiger partial charge in [0.15, 0.2) is 0 Å². The highest BCUT2D eigenvalue weighted by atomic mass is 16.4. The Kier molecular flexibility index (Phi) is 9.24. The highest BCUT2D eigenvalue weighted by Gasteiger charge is 2.06. The van der Waals surface area contributed by atoms with Crippen molar-refractivity contribution in [2.45, 2.75) is 6.42 Å². The highest BCUT2D eigenvalue weighted by Crippen LogP contribution is 2.22. The van der Waals surface area contributed by atoms with Gasteiger partial charge in [-0.05, 0) is 30.2 Å². The Bertz CT molecular complexity index is 815. The number of aromatic nitrogens is 2. The first kappa shape index (κ1) is 21.3. The lowest BCUT2D eigenvalue weighted by Crippen LogP contribution is -2.06. The molecule has 0 spiro atoms. The summed E-state index contributed by atoms with van der Waals surface area (Å²) in [5.41, 5.74) is 2.35. The molecule has 4 N–H and O–H groups in total. The molecular formula is C18H18N4O5. The number of carboxylic acids is 2. The van der Waals surface area contributed by atoms with Crippen molar-refractivity contribution >= 4 is 17.8 Å². The van der Waals surface area contributed by atoms with Crippen LogP contribution >= 0.6 is 0 Å². The number of rotatable bonds is 7. The number of aliphatic carboxylic acids is 2. The average Bonchev–Trinajstić information content (AvgIpc) is 2.68. The van der Waals surface area contributed by atoms with E-state index in [1.54, 1.807) is 24.7 Å². The van der Waals surface area contributed by atoms with Crippen LogP contribution in [0.4, 0.5) is 5.82 Å². The number of carbonyl (C=O) groups is 2. The van der Waals surface area contributed by atoms with E-state index < -0.39 is 11.9 Å². The molecule has 2 aromatic heterocycles. The van der Waals surface area contributed by atoms with Gasteiger partial charge in [0.25, 0.3) is 0 Å². The Morgan fingerprint density at radius 1 is 1.15 bits per heavy atom. The molecule has 0 atom stereocenters. The fourth-order valence-electron chi connectivity index (χ4n) is 1.82. The molecule has 2 aromatic rings. The van der Waals surface area contributed by atoms with Gasteiger partial charge in [-0.25, -0.2) is 14.6 Å². The Balaban J connectivity index is 0.000000387. The molecule has 0 aromatic carbocycles. The lowest BCUT2D eigenvalue weighted by molar-refractivity contribution is -0.134. The van der Waals surface area contributed by atoms with Crippen molar-refractivity contribution in [1.29, 1.82) is 5.26 Å². The zero-order valence-electron chi connectivity index (χ0n) is 14.2. The monoisotopic (exact) mass is 370 g/mol. The second-order valence-corrected chi connectivity index (χ2v) is 4.98. The first-order chi connectivity index (χ1) is 13.0. The summed E-state index contributed by atoms with van der Waals surface area (Å²) in [4.78, 5) is 27.3. The van der Waals surface area contributed by atoms with E-state index in [0.717, 1.165) is 11.1 Å². The summed E-state index contributed by atoms with van der Waals surface area (Å²) in [5, 5.41) is 36.5. The van der Waals surface area contributed by atoms with Crippen molar-refractivity contribution in [2.24, 2.45) is 0 Å². The standard InChI is InChI=1S/C14H14N4O.C4H4O4/c15-9-12-8-13(11-2-5-16-6-3-11)10-18-14(12)17-4-1-7-19;5-3(6)1-2-4(7)8/h2-3,5-6,8,10,19H,1,4,7H2,(H,17,18);1-2H,(H,5,6)(H,7,8)/b;2-1+. The number of hydrogen-bond donors (Lipinski definition) is 4. The van der Waals surface area contributed by atoms with Crippen LogP contribution in [0.3, 0.4) is 0 Å². The van der Waals surface area contributed by atoms with Crippen molar-refractivity contribution in [2.75, 3.05) is 18.5 Å². The smallest absolute Gasteiger partial charge is 0.328 e. The number of carboxylic acid groups (broad SMARTS) is 2. The van der Waals surface area contributed by atoms with Crippen LogP contribution in [0.25, 0.3) is 11.1 Å². The molecule has 140 valence electrons. The van der Waals surface area contributed by atoms with Crippen LogP contribution in [0.1, 0.15) is 12.0 Å². The van der Waals surface area contributed by atoms with Crippen molar-refractivity contribution in [3.8, 4) is 17.2 Å². The van der Waals surface area contributed by atoms with Crippen molar-refractivity contribution in [3.63, 3.8) is 0 Å². The number of anilines is 1. The largest absolute Gasteiger partial charge is 0.478 e. The average molecular weight is 370 g/mol. The molecule has 0 unspecified atom stereocenters. The normalized spacial score (nSPS) is 9.78.